The van der Waals surface area contributed by atoms with Crippen LogP contribution in [0, 0.1) is 13.8 Å². The summed E-state index contributed by atoms with van der Waals surface area (Å²) in [6.45, 7) is 8.28. The van der Waals surface area contributed by atoms with Crippen LogP contribution in [-0.4, -0.2) is 55.3 Å². The van der Waals surface area contributed by atoms with E-state index in [1.807, 2.05) is 20.8 Å². The number of methoxy groups -OCH3 is 1. The van der Waals surface area contributed by atoms with Crippen LogP contribution in [0.2, 0.25) is 0 Å². The van der Waals surface area contributed by atoms with Crippen molar-refractivity contribution in [3.8, 4) is 11.5 Å². The first kappa shape index (κ1) is 30.3. The summed E-state index contributed by atoms with van der Waals surface area (Å²) in [4.78, 5) is 40.7. The summed E-state index contributed by atoms with van der Waals surface area (Å²) < 4.78 is 21.8. The molecular weight excluding hydrogens is 512 g/mol. The molecule has 2 atom stereocenters. The molecule has 0 saturated carbocycles. The van der Waals surface area contributed by atoms with Crippen molar-refractivity contribution in [1.82, 2.24) is 10.3 Å². The molecule has 0 bridgehead atoms. The van der Waals surface area contributed by atoms with Crippen LogP contribution in [0.5, 0.6) is 11.5 Å². The standard InChI is InChI=1S/C31H36N2O7/c1-20-7-11-24(12-8-20)27(25-13-9-21(2)10-14-25)22(3)38-18-31(5,17-34)33-30(36)28-29(40-19-39-23(4)35)26(37-6)15-16-32-28/h7-17,22,27H,18-19H2,1-6H3,(H,33,36)/t22-,31-/m0/s1. The molecule has 212 valence electrons. The first-order valence-electron chi connectivity index (χ1n) is 12.9. The molecular formula is C31H36N2O7. The van der Waals surface area contributed by atoms with Crippen LogP contribution < -0.4 is 14.8 Å². The summed E-state index contributed by atoms with van der Waals surface area (Å²) >= 11 is 0. The Morgan fingerprint density at radius 2 is 1.57 bits per heavy atom. The van der Waals surface area contributed by atoms with E-state index in [0.29, 0.717) is 6.29 Å². The number of benzene rings is 2. The van der Waals surface area contributed by atoms with Gasteiger partial charge in [0.1, 0.15) is 11.8 Å². The molecule has 0 aliphatic rings. The number of nitrogens with one attached hydrogen (secondary N) is 1. The average Bonchev–Trinajstić information content (AvgIpc) is 2.94. The number of hydrogen-bond donors (Lipinski definition) is 1. The van der Waals surface area contributed by atoms with Gasteiger partial charge in [-0.3, -0.25) is 9.59 Å². The van der Waals surface area contributed by atoms with Gasteiger partial charge in [-0.2, -0.15) is 0 Å². The third kappa shape index (κ3) is 7.89. The number of aldehydes is 1. The number of pyridine rings is 1. The van der Waals surface area contributed by atoms with Crippen molar-refractivity contribution in [2.75, 3.05) is 20.5 Å². The molecule has 1 amide bonds. The first-order chi connectivity index (χ1) is 19.1. The van der Waals surface area contributed by atoms with E-state index in [4.69, 9.17) is 18.9 Å². The Hall–Kier alpha value is -4.24. The van der Waals surface area contributed by atoms with Crippen molar-refractivity contribution in [2.24, 2.45) is 0 Å². The molecule has 1 aromatic heterocycles. The fourth-order valence-electron chi connectivity index (χ4n) is 4.16. The van der Waals surface area contributed by atoms with Crippen LogP contribution in [0.15, 0.2) is 60.8 Å². The normalized spacial score (nSPS) is 13.2. The van der Waals surface area contributed by atoms with Crippen molar-refractivity contribution >= 4 is 18.2 Å². The summed E-state index contributed by atoms with van der Waals surface area (Å²) in [5.74, 6) is -1.15. The molecule has 1 N–H and O–H groups in total. The zero-order chi connectivity index (χ0) is 29.3. The summed E-state index contributed by atoms with van der Waals surface area (Å²) in [6.07, 6.45) is 1.67. The smallest absolute Gasteiger partial charge is 0.305 e. The molecule has 40 heavy (non-hydrogen) atoms. The number of hydrogen-bond acceptors (Lipinski definition) is 8. The molecule has 0 saturated heterocycles. The van der Waals surface area contributed by atoms with Crippen LogP contribution >= 0.6 is 0 Å². The molecule has 9 nitrogen and oxygen atoms in total. The fraction of sp³-hybridized carbons (Fsp3) is 0.355. The second-order valence-electron chi connectivity index (χ2n) is 9.89. The first-order valence-corrected chi connectivity index (χ1v) is 12.9. The van der Waals surface area contributed by atoms with Crippen LogP contribution in [0.1, 0.15) is 59.4 Å². The SMILES string of the molecule is COc1ccnc(C(=O)N[C@@](C)(C=O)CO[C@@H](C)C(c2ccc(C)cc2)c2ccc(C)cc2)c1OCOC(C)=O. The van der Waals surface area contributed by atoms with E-state index in [2.05, 4.69) is 58.8 Å². The van der Waals surface area contributed by atoms with Crippen LogP contribution in [-0.2, 0) is 19.1 Å². The van der Waals surface area contributed by atoms with E-state index in [1.165, 1.54) is 26.3 Å². The summed E-state index contributed by atoms with van der Waals surface area (Å²) in [6, 6.07) is 18.0. The van der Waals surface area contributed by atoms with Crippen LogP contribution in [0.25, 0.3) is 0 Å². The number of carbonyl (C=O) groups excluding carboxylic acids is 3. The van der Waals surface area contributed by atoms with E-state index < -0.39 is 24.2 Å². The molecule has 3 rings (SSSR count). The number of aryl methyl sites for hydroxylation is 2. The lowest BCUT2D eigenvalue weighted by atomic mass is 9.86. The minimum absolute atomic E-state index is 0.0231. The number of carbonyl (C=O) groups is 3. The van der Waals surface area contributed by atoms with E-state index >= 15 is 0 Å². The lowest BCUT2D eigenvalue weighted by Gasteiger charge is -2.30. The Morgan fingerprint density at radius 1 is 1.00 bits per heavy atom. The molecule has 1 heterocycles. The summed E-state index contributed by atoms with van der Waals surface area (Å²) in [5, 5.41) is 2.70. The predicted octanol–water partition coefficient (Wildman–Crippen LogP) is 4.53. The van der Waals surface area contributed by atoms with Gasteiger partial charge in [0.25, 0.3) is 5.91 Å². The number of ether oxygens (including phenoxy) is 4. The highest BCUT2D eigenvalue weighted by Gasteiger charge is 2.32. The number of esters is 1. The number of amides is 1. The lowest BCUT2D eigenvalue weighted by Crippen LogP contribution is -2.52. The third-order valence-corrected chi connectivity index (χ3v) is 6.42. The van der Waals surface area contributed by atoms with Crippen LogP contribution in [0.3, 0.4) is 0 Å². The van der Waals surface area contributed by atoms with Crippen molar-refractivity contribution < 1.29 is 33.3 Å². The van der Waals surface area contributed by atoms with E-state index in [0.717, 1.165) is 22.3 Å². The Labute approximate surface area is 234 Å². The topological polar surface area (TPSA) is 113 Å². The zero-order valence-corrected chi connectivity index (χ0v) is 23.7. The summed E-state index contributed by atoms with van der Waals surface area (Å²) in [5.41, 5.74) is 2.94. The second kappa shape index (κ2) is 13.7. The summed E-state index contributed by atoms with van der Waals surface area (Å²) in [7, 11) is 1.40. The maximum absolute atomic E-state index is 13.3. The number of aromatic nitrogens is 1. The van der Waals surface area contributed by atoms with Crippen LogP contribution in [0.4, 0.5) is 0 Å². The highest BCUT2D eigenvalue weighted by atomic mass is 16.7. The number of nitrogens with zero attached hydrogens (tertiary/aromatic N) is 1. The van der Waals surface area contributed by atoms with Crippen molar-refractivity contribution in [3.63, 3.8) is 0 Å². The van der Waals surface area contributed by atoms with Gasteiger partial charge in [-0.25, -0.2) is 4.98 Å². The molecule has 2 aromatic carbocycles. The monoisotopic (exact) mass is 548 g/mol. The van der Waals surface area contributed by atoms with Gasteiger partial charge in [-0.15, -0.1) is 0 Å². The molecule has 0 unspecified atom stereocenters. The van der Waals surface area contributed by atoms with Gasteiger partial charge in [-0.05, 0) is 38.8 Å². The van der Waals surface area contributed by atoms with Gasteiger partial charge >= 0.3 is 5.97 Å². The lowest BCUT2D eigenvalue weighted by molar-refractivity contribution is -0.147. The van der Waals surface area contributed by atoms with Crippen molar-refractivity contribution in [2.45, 2.75) is 52.2 Å². The van der Waals surface area contributed by atoms with E-state index in [9.17, 15) is 14.4 Å². The van der Waals surface area contributed by atoms with E-state index in [-0.39, 0.29) is 35.8 Å². The Balaban J connectivity index is 1.79. The minimum Gasteiger partial charge on any atom is -0.493 e. The molecule has 9 heteroatoms. The highest BCUT2D eigenvalue weighted by molar-refractivity contribution is 5.97. The second-order valence-corrected chi connectivity index (χ2v) is 9.89. The maximum atomic E-state index is 13.3. The Morgan fingerprint density at radius 3 is 2.08 bits per heavy atom. The molecule has 0 aliphatic heterocycles. The molecule has 0 spiro atoms. The third-order valence-electron chi connectivity index (χ3n) is 6.42. The van der Waals surface area contributed by atoms with Gasteiger partial charge in [-0.1, -0.05) is 59.7 Å². The average molecular weight is 549 g/mol. The predicted molar refractivity (Wildman–Crippen MR) is 150 cm³/mol. The van der Waals surface area contributed by atoms with Gasteiger partial charge in [0.15, 0.2) is 17.2 Å². The van der Waals surface area contributed by atoms with Gasteiger partial charge in [0, 0.05) is 25.1 Å². The van der Waals surface area contributed by atoms with Gasteiger partial charge < -0.3 is 29.1 Å². The largest absolute Gasteiger partial charge is 0.493 e. The molecule has 0 aliphatic carbocycles. The van der Waals surface area contributed by atoms with Gasteiger partial charge in [0.2, 0.25) is 6.79 Å². The Kier molecular flexibility index (Phi) is 10.4. The zero-order valence-electron chi connectivity index (χ0n) is 23.7. The van der Waals surface area contributed by atoms with E-state index in [1.54, 1.807) is 6.92 Å². The maximum Gasteiger partial charge on any atom is 0.305 e. The number of rotatable bonds is 13. The van der Waals surface area contributed by atoms with Crippen molar-refractivity contribution in [3.05, 3.63) is 88.7 Å². The Bertz CT molecular complexity index is 1260. The minimum atomic E-state index is -1.38. The molecule has 0 fully saturated rings. The van der Waals surface area contributed by atoms with Gasteiger partial charge in [0.05, 0.1) is 19.8 Å². The fourth-order valence-corrected chi connectivity index (χ4v) is 4.16. The molecule has 0 radical (unpaired) electrons. The molecule has 3 aromatic rings. The highest BCUT2D eigenvalue weighted by Crippen LogP contribution is 2.32. The van der Waals surface area contributed by atoms with Crippen molar-refractivity contribution in [1.29, 1.82) is 0 Å². The quantitative estimate of drug-likeness (QED) is 0.188.